The van der Waals surface area contributed by atoms with Gasteiger partial charge in [0.1, 0.15) is 5.82 Å². The zero-order chi connectivity index (χ0) is 27.3. The third-order valence-corrected chi connectivity index (χ3v) is 7.43. The van der Waals surface area contributed by atoms with Crippen LogP contribution in [-0.4, -0.2) is 55.0 Å². The Balaban J connectivity index is 1.46. The molecule has 2 fully saturated rings. The molecule has 206 valence electrons. The molecule has 38 heavy (non-hydrogen) atoms. The number of benzene rings is 2. The molecule has 4 N–H and O–H groups in total. The van der Waals surface area contributed by atoms with E-state index in [4.69, 9.17) is 5.73 Å². The monoisotopic (exact) mass is 523 g/mol. The van der Waals surface area contributed by atoms with Gasteiger partial charge >= 0.3 is 0 Å². The first-order valence-corrected chi connectivity index (χ1v) is 13.8. The molecule has 2 aromatic rings. The Kier molecular flexibility index (Phi) is 9.05. The molecule has 2 aliphatic rings. The summed E-state index contributed by atoms with van der Waals surface area (Å²) in [5, 5.41) is 6.20. The van der Waals surface area contributed by atoms with Crippen LogP contribution in [0.4, 0.5) is 15.8 Å². The predicted molar refractivity (Wildman–Crippen MR) is 151 cm³/mol. The van der Waals surface area contributed by atoms with Crippen LogP contribution in [0.15, 0.2) is 42.5 Å². The fourth-order valence-electron chi connectivity index (χ4n) is 5.30. The minimum Gasteiger partial charge on any atom is -0.369 e. The van der Waals surface area contributed by atoms with Crippen molar-refractivity contribution in [3.63, 3.8) is 0 Å². The number of halogens is 1. The number of nitrogens with one attached hydrogen (secondary N) is 2. The summed E-state index contributed by atoms with van der Waals surface area (Å²) in [7, 11) is 0. The van der Waals surface area contributed by atoms with Crippen molar-refractivity contribution in [1.29, 1.82) is 0 Å². The summed E-state index contributed by atoms with van der Waals surface area (Å²) in [6.45, 7) is 10.1. The van der Waals surface area contributed by atoms with Crippen molar-refractivity contribution in [3.05, 3.63) is 59.4 Å². The number of nitrogens with two attached hydrogens (primary N) is 1. The predicted octanol–water partition coefficient (Wildman–Crippen LogP) is 4.52. The Morgan fingerprint density at radius 3 is 2.34 bits per heavy atom. The quantitative estimate of drug-likeness (QED) is 0.496. The molecule has 1 saturated heterocycles. The summed E-state index contributed by atoms with van der Waals surface area (Å²) in [4.78, 5) is 30.6. The maximum atomic E-state index is 13.3. The second kappa shape index (κ2) is 12.3. The zero-order valence-corrected chi connectivity index (χ0v) is 22.9. The molecule has 2 aromatic carbocycles. The molecule has 1 saturated carbocycles. The molecule has 1 heterocycles. The van der Waals surface area contributed by atoms with Crippen LogP contribution in [0, 0.1) is 11.2 Å². The largest absolute Gasteiger partial charge is 0.369 e. The van der Waals surface area contributed by atoms with E-state index in [-0.39, 0.29) is 35.1 Å². The number of amides is 2. The van der Waals surface area contributed by atoms with Gasteiger partial charge in [-0.3, -0.25) is 14.5 Å². The minimum atomic E-state index is -0.230. The van der Waals surface area contributed by atoms with Gasteiger partial charge in [0.25, 0.3) is 5.91 Å². The van der Waals surface area contributed by atoms with Gasteiger partial charge in [-0.05, 0) is 60.2 Å². The van der Waals surface area contributed by atoms with Crippen LogP contribution >= 0.6 is 0 Å². The van der Waals surface area contributed by atoms with Crippen molar-refractivity contribution in [2.45, 2.75) is 71.5 Å². The first kappa shape index (κ1) is 28.0. The highest BCUT2D eigenvalue weighted by atomic mass is 19.1. The molecular weight excluding hydrogens is 481 g/mol. The first-order valence-electron chi connectivity index (χ1n) is 13.8. The van der Waals surface area contributed by atoms with E-state index in [1.54, 1.807) is 6.07 Å². The summed E-state index contributed by atoms with van der Waals surface area (Å²) in [5.74, 6) is -0.447. The second-order valence-corrected chi connectivity index (χ2v) is 11.9. The van der Waals surface area contributed by atoms with Crippen LogP contribution < -0.4 is 21.3 Å². The van der Waals surface area contributed by atoms with E-state index < -0.39 is 0 Å². The zero-order valence-electron chi connectivity index (χ0n) is 22.9. The molecule has 2 unspecified atom stereocenters. The van der Waals surface area contributed by atoms with Gasteiger partial charge in [-0.1, -0.05) is 39.7 Å². The molecule has 8 heteroatoms. The number of rotatable bonds is 7. The van der Waals surface area contributed by atoms with E-state index in [1.807, 2.05) is 45.0 Å². The van der Waals surface area contributed by atoms with E-state index in [9.17, 15) is 14.0 Å². The van der Waals surface area contributed by atoms with Crippen LogP contribution in [0.5, 0.6) is 0 Å². The molecule has 1 aliphatic carbocycles. The lowest BCUT2D eigenvalue weighted by atomic mass is 9.91. The van der Waals surface area contributed by atoms with Gasteiger partial charge in [-0.2, -0.15) is 0 Å². The maximum Gasteiger partial charge on any atom is 0.251 e. The van der Waals surface area contributed by atoms with Crippen molar-refractivity contribution in [2.75, 3.05) is 36.4 Å². The second-order valence-electron chi connectivity index (χ2n) is 11.9. The van der Waals surface area contributed by atoms with Gasteiger partial charge in [0.05, 0.1) is 0 Å². The molecule has 0 spiro atoms. The molecule has 0 radical (unpaired) electrons. The third kappa shape index (κ3) is 7.77. The Bertz CT molecular complexity index is 1110. The maximum absolute atomic E-state index is 13.3. The van der Waals surface area contributed by atoms with E-state index in [2.05, 4.69) is 20.4 Å². The van der Waals surface area contributed by atoms with Crippen LogP contribution in [0.2, 0.25) is 0 Å². The van der Waals surface area contributed by atoms with E-state index >= 15 is 0 Å². The summed E-state index contributed by atoms with van der Waals surface area (Å²) in [5.41, 5.74) is 9.31. The van der Waals surface area contributed by atoms with Crippen molar-refractivity contribution < 1.29 is 14.0 Å². The fourth-order valence-corrected chi connectivity index (χ4v) is 5.30. The lowest BCUT2D eigenvalue weighted by Crippen LogP contribution is -2.49. The molecule has 7 nitrogen and oxygen atoms in total. The van der Waals surface area contributed by atoms with Gasteiger partial charge in [-0.25, -0.2) is 4.39 Å². The van der Waals surface area contributed by atoms with Crippen molar-refractivity contribution >= 4 is 23.2 Å². The smallest absolute Gasteiger partial charge is 0.251 e. The Morgan fingerprint density at radius 2 is 1.68 bits per heavy atom. The van der Waals surface area contributed by atoms with Crippen molar-refractivity contribution in [3.8, 4) is 0 Å². The number of piperazine rings is 1. The Hall–Kier alpha value is -2.97. The van der Waals surface area contributed by atoms with E-state index in [1.165, 1.54) is 12.1 Å². The third-order valence-electron chi connectivity index (χ3n) is 7.43. The van der Waals surface area contributed by atoms with Gasteiger partial charge in [0.2, 0.25) is 5.91 Å². The normalized spacial score (nSPS) is 20.7. The fraction of sp³-hybridized carbons (Fsp3) is 0.533. The van der Waals surface area contributed by atoms with Gasteiger partial charge in [0, 0.05) is 68.2 Å². The molecule has 2 amide bonds. The van der Waals surface area contributed by atoms with E-state index in [0.29, 0.717) is 24.2 Å². The average Bonchev–Trinajstić information content (AvgIpc) is 2.86. The highest BCUT2D eigenvalue weighted by molar-refractivity contribution is 5.98. The number of hydrogen-bond donors (Lipinski definition) is 3. The highest BCUT2D eigenvalue weighted by Gasteiger charge is 2.25. The summed E-state index contributed by atoms with van der Waals surface area (Å²) < 4.78 is 13.3. The molecule has 0 bridgehead atoms. The highest BCUT2D eigenvalue weighted by Crippen LogP contribution is 2.25. The van der Waals surface area contributed by atoms with Gasteiger partial charge < -0.3 is 21.3 Å². The van der Waals surface area contributed by atoms with Crippen molar-refractivity contribution in [1.82, 2.24) is 10.2 Å². The molecule has 2 atom stereocenters. The Labute approximate surface area is 225 Å². The lowest BCUT2D eigenvalue weighted by molar-refractivity contribution is -0.117. The van der Waals surface area contributed by atoms with Gasteiger partial charge in [0.15, 0.2) is 0 Å². The van der Waals surface area contributed by atoms with Crippen LogP contribution in [0.25, 0.3) is 0 Å². The standard InChI is InChI=1S/C30H42FN5O2/c1-30(2,3)19-28(37)33-27-18-21(29(38)34-26-7-5-4-6-25(26)32)8-9-22(27)20-35-14-16-36(17-15-35)24-12-10-23(31)11-13-24/h8-13,18,25-26H,4-7,14-17,19-20,32H2,1-3H3,(H,33,37)(H,34,38). The molecule has 1 aliphatic heterocycles. The number of anilines is 2. The summed E-state index contributed by atoms with van der Waals surface area (Å²) in [6, 6.07) is 12.2. The number of hydrogen-bond acceptors (Lipinski definition) is 5. The van der Waals surface area contributed by atoms with Crippen LogP contribution in [0.1, 0.15) is 68.8 Å². The van der Waals surface area contributed by atoms with Crippen LogP contribution in [-0.2, 0) is 11.3 Å². The number of carbonyl (C=O) groups is 2. The topological polar surface area (TPSA) is 90.7 Å². The minimum absolute atomic E-state index is 0.0211. The van der Waals surface area contributed by atoms with Crippen molar-refractivity contribution in [2.24, 2.45) is 11.1 Å². The average molecular weight is 524 g/mol. The molecule has 4 rings (SSSR count). The Morgan fingerprint density at radius 1 is 1.00 bits per heavy atom. The van der Waals surface area contributed by atoms with E-state index in [0.717, 1.165) is 63.1 Å². The lowest BCUT2D eigenvalue weighted by Gasteiger charge is -2.36. The van der Waals surface area contributed by atoms with Gasteiger partial charge in [-0.15, -0.1) is 0 Å². The SMILES string of the molecule is CC(C)(C)CC(=O)Nc1cc(C(=O)NC2CCCCC2N)ccc1CN1CCN(c2ccc(F)cc2)CC1. The summed E-state index contributed by atoms with van der Waals surface area (Å²) in [6.07, 6.45) is 4.37. The number of nitrogens with zero attached hydrogens (tertiary/aromatic N) is 2. The summed E-state index contributed by atoms with van der Waals surface area (Å²) >= 11 is 0. The number of carbonyl (C=O) groups excluding carboxylic acids is 2. The van der Waals surface area contributed by atoms with Crippen LogP contribution in [0.3, 0.4) is 0 Å². The first-order chi connectivity index (χ1) is 18.1. The molecule has 0 aromatic heterocycles. The molecular formula is C30H42FN5O2.